The maximum atomic E-state index is 13.1. The van der Waals surface area contributed by atoms with Gasteiger partial charge in [-0.3, -0.25) is 4.84 Å². The van der Waals surface area contributed by atoms with Gasteiger partial charge in [0.25, 0.3) is 0 Å². The number of carbonyl (C=O) groups is 1. The fourth-order valence-corrected chi connectivity index (χ4v) is 4.32. The number of aromatic nitrogens is 2. The zero-order chi connectivity index (χ0) is 19.3. The molecule has 3 heterocycles. The van der Waals surface area contributed by atoms with Crippen LogP contribution in [0.25, 0.3) is 0 Å². The van der Waals surface area contributed by atoms with Gasteiger partial charge >= 0.3 is 6.03 Å². The Labute approximate surface area is 162 Å². The minimum atomic E-state index is -0.715. The summed E-state index contributed by atoms with van der Waals surface area (Å²) in [6.07, 6.45) is 2.87. The molecule has 1 aromatic carbocycles. The van der Waals surface area contributed by atoms with E-state index in [9.17, 15) is 9.90 Å². The molecular weight excluding hydrogens is 362 g/mol. The first-order valence-corrected chi connectivity index (χ1v) is 9.58. The molecule has 9 heteroatoms. The largest absolute Gasteiger partial charge is 0.421 e. The third kappa shape index (κ3) is 2.78. The molecule has 3 atom stereocenters. The Hall–Kier alpha value is -2.49. The van der Waals surface area contributed by atoms with Crippen molar-refractivity contribution in [3.05, 3.63) is 47.7 Å². The van der Waals surface area contributed by atoms with Gasteiger partial charge in [0.05, 0.1) is 12.6 Å². The van der Waals surface area contributed by atoms with Gasteiger partial charge in [-0.05, 0) is 30.2 Å². The number of aliphatic hydroxyl groups is 1. The van der Waals surface area contributed by atoms with Crippen molar-refractivity contribution in [1.82, 2.24) is 20.2 Å². The number of hydrogen-bond acceptors (Lipinski definition) is 7. The van der Waals surface area contributed by atoms with Crippen LogP contribution in [0.5, 0.6) is 0 Å². The maximum Gasteiger partial charge on any atom is 0.345 e. The molecule has 2 aromatic rings. The SMILES string of the molecule is N[C@@H](CO)c1nnc([C@@H]2CC3(CC3)[C@H]3CN2C(=O)N3OCc2ccccc2)o1. The first-order valence-electron chi connectivity index (χ1n) is 9.58. The Kier molecular flexibility index (Phi) is 4.11. The van der Waals surface area contributed by atoms with Crippen LogP contribution in [-0.2, 0) is 11.4 Å². The molecule has 9 nitrogen and oxygen atoms in total. The Balaban J connectivity index is 1.37. The van der Waals surface area contributed by atoms with Gasteiger partial charge in [0, 0.05) is 6.54 Å². The highest BCUT2D eigenvalue weighted by molar-refractivity contribution is 5.77. The van der Waals surface area contributed by atoms with Gasteiger partial charge in [-0.15, -0.1) is 10.2 Å². The van der Waals surface area contributed by atoms with E-state index in [0.717, 1.165) is 24.8 Å². The average Bonchev–Trinajstić information content (AvgIpc) is 3.20. The van der Waals surface area contributed by atoms with E-state index in [4.69, 9.17) is 15.0 Å². The predicted molar refractivity (Wildman–Crippen MR) is 96.3 cm³/mol. The molecule has 3 N–H and O–H groups in total. The van der Waals surface area contributed by atoms with E-state index in [2.05, 4.69) is 10.2 Å². The summed E-state index contributed by atoms with van der Waals surface area (Å²) in [6, 6.07) is 8.69. The quantitative estimate of drug-likeness (QED) is 0.774. The summed E-state index contributed by atoms with van der Waals surface area (Å²) in [6.45, 7) is 0.665. The standard InChI is InChI=1S/C19H23N5O4/c20-13(10-25)16-21-22-17(28-16)14-8-19(6-7-19)15-9-23(14)18(26)24(15)27-11-12-4-2-1-3-5-12/h1-5,13-15,25H,6-11,20H2/t13-,14-,15+/m0/s1. The van der Waals surface area contributed by atoms with Crippen LogP contribution in [0, 0.1) is 5.41 Å². The fourth-order valence-electron chi connectivity index (χ4n) is 4.32. The number of nitrogens with zero attached hydrogens (tertiary/aromatic N) is 4. The van der Waals surface area contributed by atoms with Gasteiger partial charge in [-0.25, -0.2) is 4.79 Å². The number of piperidine rings is 1. The van der Waals surface area contributed by atoms with Crippen LogP contribution in [0.15, 0.2) is 34.7 Å². The van der Waals surface area contributed by atoms with Gasteiger partial charge in [-0.2, -0.15) is 5.06 Å². The molecule has 1 aliphatic carbocycles. The first-order chi connectivity index (χ1) is 13.6. The normalized spacial score (nSPS) is 26.1. The molecule has 28 heavy (non-hydrogen) atoms. The lowest BCUT2D eigenvalue weighted by Gasteiger charge is -2.35. The number of benzene rings is 1. The number of carbonyl (C=O) groups excluding carboxylic acids is 1. The van der Waals surface area contributed by atoms with Crippen molar-refractivity contribution in [2.45, 2.75) is 44.0 Å². The highest BCUT2D eigenvalue weighted by atomic mass is 16.7. The maximum absolute atomic E-state index is 13.1. The van der Waals surface area contributed by atoms with Crippen LogP contribution in [0.4, 0.5) is 4.79 Å². The van der Waals surface area contributed by atoms with Crippen molar-refractivity contribution >= 4 is 6.03 Å². The van der Waals surface area contributed by atoms with Crippen molar-refractivity contribution in [3.8, 4) is 0 Å². The number of urea groups is 1. The van der Waals surface area contributed by atoms with E-state index >= 15 is 0 Å². The third-order valence-corrected chi connectivity index (χ3v) is 6.13. The summed E-state index contributed by atoms with van der Waals surface area (Å²) in [5, 5.41) is 18.8. The van der Waals surface area contributed by atoms with Crippen molar-refractivity contribution in [3.63, 3.8) is 0 Å². The molecule has 2 amide bonds. The number of nitrogens with two attached hydrogens (primary N) is 1. The molecule has 0 radical (unpaired) electrons. The zero-order valence-electron chi connectivity index (χ0n) is 15.4. The van der Waals surface area contributed by atoms with Crippen LogP contribution in [-0.4, -0.2) is 50.5 Å². The second kappa shape index (κ2) is 6.54. The molecule has 5 rings (SSSR count). The van der Waals surface area contributed by atoms with Crippen LogP contribution in [0.3, 0.4) is 0 Å². The number of hydroxylamine groups is 2. The van der Waals surface area contributed by atoms with Crippen LogP contribution < -0.4 is 5.73 Å². The van der Waals surface area contributed by atoms with Crippen LogP contribution >= 0.6 is 0 Å². The third-order valence-electron chi connectivity index (χ3n) is 6.13. The molecule has 1 spiro atoms. The first kappa shape index (κ1) is 17.6. The fraction of sp³-hybridized carbons (Fsp3) is 0.526. The van der Waals surface area contributed by atoms with E-state index in [1.54, 1.807) is 9.96 Å². The molecule has 2 saturated heterocycles. The number of aliphatic hydroxyl groups excluding tert-OH is 1. The molecule has 1 saturated carbocycles. The average molecular weight is 385 g/mol. The molecule has 2 aliphatic heterocycles. The lowest BCUT2D eigenvalue weighted by molar-refractivity contribution is -0.153. The van der Waals surface area contributed by atoms with Crippen molar-refractivity contribution in [2.24, 2.45) is 11.1 Å². The van der Waals surface area contributed by atoms with Crippen molar-refractivity contribution in [1.29, 1.82) is 0 Å². The Morgan fingerprint density at radius 3 is 2.82 bits per heavy atom. The lowest BCUT2D eigenvalue weighted by atomic mass is 9.85. The Morgan fingerprint density at radius 2 is 2.11 bits per heavy atom. The zero-order valence-corrected chi connectivity index (χ0v) is 15.4. The van der Waals surface area contributed by atoms with Gasteiger partial charge in [0.1, 0.15) is 18.7 Å². The summed E-state index contributed by atoms with van der Waals surface area (Å²) in [5.41, 5.74) is 6.83. The van der Waals surface area contributed by atoms with E-state index in [0.29, 0.717) is 19.0 Å². The van der Waals surface area contributed by atoms with Crippen molar-refractivity contribution < 1.29 is 19.2 Å². The predicted octanol–water partition coefficient (Wildman–Crippen LogP) is 1.52. The van der Waals surface area contributed by atoms with Gasteiger partial charge < -0.3 is 20.2 Å². The number of hydrogen-bond donors (Lipinski definition) is 2. The highest BCUT2D eigenvalue weighted by Gasteiger charge is 2.64. The topological polar surface area (TPSA) is 118 Å². The van der Waals surface area contributed by atoms with E-state index in [1.165, 1.54) is 0 Å². The Morgan fingerprint density at radius 1 is 1.32 bits per heavy atom. The molecule has 1 aromatic heterocycles. The van der Waals surface area contributed by atoms with E-state index < -0.39 is 6.04 Å². The monoisotopic (exact) mass is 385 g/mol. The minimum Gasteiger partial charge on any atom is -0.421 e. The van der Waals surface area contributed by atoms with Crippen LogP contribution in [0.2, 0.25) is 0 Å². The highest BCUT2D eigenvalue weighted by Crippen LogP contribution is 2.61. The van der Waals surface area contributed by atoms with Crippen LogP contribution in [0.1, 0.15) is 48.7 Å². The van der Waals surface area contributed by atoms with E-state index in [1.807, 2.05) is 30.3 Å². The van der Waals surface area contributed by atoms with Gasteiger partial charge in [0.2, 0.25) is 11.8 Å². The summed E-state index contributed by atoms with van der Waals surface area (Å²) in [4.78, 5) is 20.8. The molecule has 0 unspecified atom stereocenters. The summed E-state index contributed by atoms with van der Waals surface area (Å²) in [7, 11) is 0. The second-order valence-electron chi connectivity index (χ2n) is 7.89. The number of rotatable bonds is 6. The molecular formula is C19H23N5O4. The van der Waals surface area contributed by atoms with Gasteiger partial charge in [0.15, 0.2) is 0 Å². The number of amides is 2. The molecule has 3 aliphatic rings. The van der Waals surface area contributed by atoms with Gasteiger partial charge in [-0.1, -0.05) is 30.3 Å². The number of fused-ring (bicyclic) bond motifs is 3. The summed E-state index contributed by atoms with van der Waals surface area (Å²) >= 11 is 0. The lowest BCUT2D eigenvalue weighted by Crippen LogP contribution is -2.42. The summed E-state index contributed by atoms with van der Waals surface area (Å²) < 4.78 is 5.70. The molecule has 3 fully saturated rings. The van der Waals surface area contributed by atoms with E-state index in [-0.39, 0.29) is 36.0 Å². The van der Waals surface area contributed by atoms with Crippen molar-refractivity contribution in [2.75, 3.05) is 13.2 Å². The summed E-state index contributed by atoms with van der Waals surface area (Å²) in [5.74, 6) is 0.565. The Bertz CT molecular complexity index is 868. The smallest absolute Gasteiger partial charge is 0.345 e. The minimum absolute atomic E-state index is 0.0394. The molecule has 148 valence electrons. The molecule has 2 bridgehead atoms. The second-order valence-corrected chi connectivity index (χ2v) is 7.89.